The minimum absolute atomic E-state index is 0.125. The standard InChI is InChI=1S/C22H28N6O2/c1-3-4-5-18(29)27-12-10-17(11-13-27)20-23-21-19(22(30)24-20)25-26-28(21)14-16-8-6-15(2)7-9-16/h6-9,17H,3-5,10-14H2,1-2H3,(H,23,24,30). The molecule has 0 spiro atoms. The van der Waals surface area contributed by atoms with E-state index in [1.807, 2.05) is 24.0 Å². The van der Waals surface area contributed by atoms with Crippen LogP contribution in [0.15, 0.2) is 29.1 Å². The number of benzene rings is 1. The average Bonchev–Trinajstić information content (AvgIpc) is 3.17. The predicted octanol–water partition coefficient (Wildman–Crippen LogP) is 2.77. The molecule has 3 aromatic rings. The lowest BCUT2D eigenvalue weighted by Gasteiger charge is -2.31. The number of nitrogens with zero attached hydrogens (tertiary/aromatic N) is 5. The molecule has 30 heavy (non-hydrogen) atoms. The van der Waals surface area contributed by atoms with Gasteiger partial charge in [-0.25, -0.2) is 9.67 Å². The van der Waals surface area contributed by atoms with Gasteiger partial charge in [0.2, 0.25) is 5.91 Å². The summed E-state index contributed by atoms with van der Waals surface area (Å²) < 4.78 is 1.68. The fourth-order valence-electron chi connectivity index (χ4n) is 3.94. The quantitative estimate of drug-likeness (QED) is 0.676. The van der Waals surface area contributed by atoms with Gasteiger partial charge in [-0.1, -0.05) is 48.4 Å². The zero-order chi connectivity index (χ0) is 21.1. The fraction of sp³-hybridized carbons (Fsp3) is 0.500. The van der Waals surface area contributed by atoms with Crippen LogP contribution in [0, 0.1) is 6.92 Å². The van der Waals surface area contributed by atoms with Crippen LogP contribution in [0.4, 0.5) is 0 Å². The number of H-pyrrole nitrogens is 1. The van der Waals surface area contributed by atoms with E-state index < -0.39 is 0 Å². The van der Waals surface area contributed by atoms with Crippen LogP contribution in [0.2, 0.25) is 0 Å². The van der Waals surface area contributed by atoms with Crippen molar-refractivity contribution in [3.63, 3.8) is 0 Å². The molecule has 0 bridgehead atoms. The third kappa shape index (κ3) is 4.27. The fourth-order valence-corrected chi connectivity index (χ4v) is 3.94. The van der Waals surface area contributed by atoms with E-state index in [0.717, 1.165) is 31.2 Å². The molecule has 3 heterocycles. The summed E-state index contributed by atoms with van der Waals surface area (Å²) in [5.74, 6) is 1.02. The second kappa shape index (κ2) is 8.77. The van der Waals surface area contributed by atoms with Crippen LogP contribution in [0.25, 0.3) is 11.2 Å². The Morgan fingerprint density at radius 3 is 2.63 bits per heavy atom. The number of aromatic amines is 1. The molecule has 1 amide bonds. The Hall–Kier alpha value is -3.03. The third-order valence-electron chi connectivity index (χ3n) is 5.82. The maximum atomic E-state index is 12.6. The number of hydrogen-bond donors (Lipinski definition) is 1. The van der Waals surface area contributed by atoms with Crippen molar-refractivity contribution in [2.45, 2.75) is 58.4 Å². The summed E-state index contributed by atoms with van der Waals surface area (Å²) in [6.07, 6.45) is 4.17. The lowest BCUT2D eigenvalue weighted by atomic mass is 9.95. The SMILES string of the molecule is CCCCC(=O)N1CCC(c2nc3c(nnn3Cc3ccc(C)cc3)c(=O)[nH]2)CC1. The maximum Gasteiger partial charge on any atom is 0.281 e. The van der Waals surface area contributed by atoms with Crippen molar-refractivity contribution in [1.29, 1.82) is 0 Å². The van der Waals surface area contributed by atoms with Crippen LogP contribution in [-0.2, 0) is 11.3 Å². The Kier molecular flexibility index (Phi) is 5.92. The van der Waals surface area contributed by atoms with Crippen molar-refractivity contribution in [3.8, 4) is 0 Å². The van der Waals surface area contributed by atoms with E-state index in [0.29, 0.717) is 37.5 Å². The average molecular weight is 409 g/mol. The summed E-state index contributed by atoms with van der Waals surface area (Å²) in [7, 11) is 0. The number of rotatable bonds is 6. The highest BCUT2D eigenvalue weighted by Crippen LogP contribution is 2.26. The van der Waals surface area contributed by atoms with Gasteiger partial charge in [0.1, 0.15) is 5.82 Å². The van der Waals surface area contributed by atoms with Gasteiger partial charge in [0.15, 0.2) is 11.2 Å². The summed E-state index contributed by atoms with van der Waals surface area (Å²) in [4.78, 5) is 34.4. The molecule has 0 atom stereocenters. The number of nitrogens with one attached hydrogen (secondary N) is 1. The second-order valence-electron chi connectivity index (χ2n) is 8.11. The number of unbranched alkanes of at least 4 members (excludes halogenated alkanes) is 1. The second-order valence-corrected chi connectivity index (χ2v) is 8.11. The van der Waals surface area contributed by atoms with E-state index in [4.69, 9.17) is 4.98 Å². The monoisotopic (exact) mass is 408 g/mol. The molecule has 1 aliphatic rings. The van der Waals surface area contributed by atoms with Gasteiger partial charge >= 0.3 is 0 Å². The highest BCUT2D eigenvalue weighted by molar-refractivity contribution is 5.76. The number of hydrogen-bond acceptors (Lipinski definition) is 5. The normalized spacial score (nSPS) is 15.1. The van der Waals surface area contributed by atoms with E-state index in [-0.39, 0.29) is 22.9 Å². The van der Waals surface area contributed by atoms with E-state index in [2.05, 4.69) is 34.4 Å². The number of aromatic nitrogens is 5. The molecule has 158 valence electrons. The first kappa shape index (κ1) is 20.3. The lowest BCUT2D eigenvalue weighted by Crippen LogP contribution is -2.38. The van der Waals surface area contributed by atoms with Gasteiger partial charge in [-0.05, 0) is 31.7 Å². The number of fused-ring (bicyclic) bond motifs is 1. The molecule has 8 nitrogen and oxygen atoms in total. The number of aryl methyl sites for hydroxylation is 1. The molecule has 0 unspecified atom stereocenters. The zero-order valence-electron chi connectivity index (χ0n) is 17.6. The number of piperidine rings is 1. The number of carbonyl (C=O) groups is 1. The van der Waals surface area contributed by atoms with E-state index in [9.17, 15) is 9.59 Å². The summed E-state index contributed by atoms with van der Waals surface area (Å²) >= 11 is 0. The molecule has 1 saturated heterocycles. The van der Waals surface area contributed by atoms with E-state index in [1.54, 1.807) is 4.68 Å². The van der Waals surface area contributed by atoms with Gasteiger partial charge in [-0.2, -0.15) is 0 Å². The van der Waals surface area contributed by atoms with Crippen LogP contribution in [0.1, 0.15) is 61.9 Å². The molecule has 1 aromatic carbocycles. The molecule has 1 fully saturated rings. The predicted molar refractivity (Wildman–Crippen MR) is 114 cm³/mol. The molecule has 0 saturated carbocycles. The Morgan fingerprint density at radius 2 is 1.93 bits per heavy atom. The van der Waals surface area contributed by atoms with Crippen molar-refractivity contribution in [3.05, 3.63) is 51.6 Å². The zero-order valence-corrected chi connectivity index (χ0v) is 17.6. The minimum Gasteiger partial charge on any atom is -0.343 e. The van der Waals surface area contributed by atoms with Crippen molar-refractivity contribution >= 4 is 17.1 Å². The van der Waals surface area contributed by atoms with Gasteiger partial charge in [0, 0.05) is 25.4 Å². The van der Waals surface area contributed by atoms with Crippen LogP contribution in [0.3, 0.4) is 0 Å². The minimum atomic E-state index is -0.258. The molecule has 0 radical (unpaired) electrons. The summed E-state index contributed by atoms with van der Waals surface area (Å²) in [5, 5.41) is 8.19. The number of amides is 1. The molecule has 8 heteroatoms. The van der Waals surface area contributed by atoms with Crippen molar-refractivity contribution in [2.24, 2.45) is 0 Å². The highest BCUT2D eigenvalue weighted by atomic mass is 16.2. The smallest absolute Gasteiger partial charge is 0.281 e. The maximum absolute atomic E-state index is 12.6. The van der Waals surface area contributed by atoms with Gasteiger partial charge in [-0.3, -0.25) is 9.59 Å². The van der Waals surface area contributed by atoms with E-state index in [1.165, 1.54) is 5.56 Å². The van der Waals surface area contributed by atoms with Crippen molar-refractivity contribution in [1.82, 2.24) is 29.9 Å². The van der Waals surface area contributed by atoms with Gasteiger partial charge in [0.05, 0.1) is 6.54 Å². The van der Waals surface area contributed by atoms with Crippen molar-refractivity contribution in [2.75, 3.05) is 13.1 Å². The lowest BCUT2D eigenvalue weighted by molar-refractivity contribution is -0.132. The summed E-state index contributed by atoms with van der Waals surface area (Å²) in [6, 6.07) is 8.19. The van der Waals surface area contributed by atoms with Gasteiger partial charge in [-0.15, -0.1) is 5.10 Å². The summed E-state index contributed by atoms with van der Waals surface area (Å²) in [5.41, 5.74) is 2.79. The first-order valence-corrected chi connectivity index (χ1v) is 10.7. The van der Waals surface area contributed by atoms with Crippen LogP contribution in [-0.4, -0.2) is 48.9 Å². The molecular formula is C22H28N6O2. The first-order chi connectivity index (χ1) is 14.5. The van der Waals surface area contributed by atoms with Crippen LogP contribution < -0.4 is 5.56 Å². The van der Waals surface area contributed by atoms with Crippen LogP contribution in [0.5, 0.6) is 0 Å². The topological polar surface area (TPSA) is 96.8 Å². The molecular weight excluding hydrogens is 380 g/mol. The third-order valence-corrected chi connectivity index (χ3v) is 5.82. The Bertz CT molecular complexity index is 1080. The molecule has 1 aliphatic heterocycles. The molecule has 0 aliphatic carbocycles. The number of likely N-dealkylation sites (tertiary alicyclic amines) is 1. The van der Waals surface area contributed by atoms with Crippen molar-refractivity contribution < 1.29 is 4.79 Å². The Labute approximate surface area is 175 Å². The Morgan fingerprint density at radius 1 is 1.20 bits per heavy atom. The molecule has 2 aromatic heterocycles. The number of carbonyl (C=O) groups excluding carboxylic acids is 1. The van der Waals surface area contributed by atoms with Gasteiger partial charge < -0.3 is 9.88 Å². The summed E-state index contributed by atoms with van der Waals surface area (Å²) in [6.45, 7) is 6.06. The van der Waals surface area contributed by atoms with E-state index >= 15 is 0 Å². The molecule has 4 rings (SSSR count). The Balaban J connectivity index is 1.52. The highest BCUT2D eigenvalue weighted by Gasteiger charge is 2.26. The molecule has 1 N–H and O–H groups in total. The van der Waals surface area contributed by atoms with Gasteiger partial charge in [0.25, 0.3) is 5.56 Å². The largest absolute Gasteiger partial charge is 0.343 e. The van der Waals surface area contributed by atoms with Crippen LogP contribution >= 0.6 is 0 Å². The first-order valence-electron chi connectivity index (χ1n) is 10.7.